The van der Waals surface area contributed by atoms with Gasteiger partial charge in [-0.3, -0.25) is 4.79 Å². The first kappa shape index (κ1) is 15.3. The highest BCUT2D eigenvalue weighted by molar-refractivity contribution is 5.90. The molecule has 106 valence electrons. The third-order valence-corrected chi connectivity index (χ3v) is 2.47. The van der Waals surface area contributed by atoms with Crippen molar-refractivity contribution in [1.29, 1.82) is 0 Å². The minimum absolute atomic E-state index is 0.0654. The predicted octanol–water partition coefficient (Wildman–Crippen LogP) is 2.24. The van der Waals surface area contributed by atoms with Crippen LogP contribution in [0.5, 0.6) is 5.75 Å². The molecule has 0 aliphatic carbocycles. The zero-order valence-corrected chi connectivity index (χ0v) is 11.8. The molecular formula is C14H21NO4. The zero-order chi connectivity index (χ0) is 14.6. The topological polar surface area (TPSA) is 68.5 Å². The zero-order valence-electron chi connectivity index (χ0n) is 11.8. The fourth-order valence-corrected chi connectivity index (χ4v) is 1.65. The number of nitrogens with zero attached hydrogens (tertiary/aromatic N) is 1. The van der Waals surface area contributed by atoms with Gasteiger partial charge in [0.05, 0.1) is 6.61 Å². The van der Waals surface area contributed by atoms with E-state index in [0.717, 1.165) is 0 Å². The Morgan fingerprint density at radius 3 is 2.42 bits per heavy atom. The third-order valence-electron chi connectivity index (χ3n) is 2.47. The molecule has 0 aliphatic rings. The summed E-state index contributed by atoms with van der Waals surface area (Å²) in [5, 5.41) is 9.10. The van der Waals surface area contributed by atoms with Crippen LogP contribution in [0.25, 0.3) is 0 Å². The van der Waals surface area contributed by atoms with E-state index in [0.29, 0.717) is 19.1 Å². The molecule has 0 unspecified atom stereocenters. The molecule has 0 aromatic carbocycles. The maximum absolute atomic E-state index is 12.2. The van der Waals surface area contributed by atoms with Crippen LogP contribution in [0.2, 0.25) is 0 Å². The molecule has 1 aromatic rings. The number of ether oxygens (including phenoxy) is 1. The number of aromatic carboxylic acids is 1. The molecule has 0 radical (unpaired) electrons. The van der Waals surface area contributed by atoms with E-state index < -0.39 is 5.97 Å². The van der Waals surface area contributed by atoms with Crippen LogP contribution in [0.4, 0.5) is 0 Å². The standard InChI is InChI=1S/C14H21NO4/c1-9(2)7-15-6-5-11(14(17)18)12(13(15)16)19-8-10(3)4/h5-6,9-10H,7-8H2,1-4H3,(H,17,18). The maximum atomic E-state index is 12.2. The van der Waals surface area contributed by atoms with Crippen molar-refractivity contribution in [3.8, 4) is 5.75 Å². The van der Waals surface area contributed by atoms with Crippen LogP contribution in [0.1, 0.15) is 38.1 Å². The highest BCUT2D eigenvalue weighted by Gasteiger charge is 2.17. The van der Waals surface area contributed by atoms with Gasteiger partial charge in [-0.25, -0.2) is 4.79 Å². The second-order valence-corrected chi connectivity index (χ2v) is 5.42. The van der Waals surface area contributed by atoms with Crippen molar-refractivity contribution in [1.82, 2.24) is 4.57 Å². The van der Waals surface area contributed by atoms with Crippen molar-refractivity contribution >= 4 is 5.97 Å². The fraction of sp³-hybridized carbons (Fsp3) is 0.571. The van der Waals surface area contributed by atoms with Crippen molar-refractivity contribution in [3.05, 3.63) is 28.2 Å². The molecule has 0 spiro atoms. The lowest BCUT2D eigenvalue weighted by Gasteiger charge is -2.14. The van der Waals surface area contributed by atoms with E-state index in [9.17, 15) is 9.59 Å². The van der Waals surface area contributed by atoms with E-state index in [1.165, 1.54) is 16.8 Å². The van der Waals surface area contributed by atoms with Crippen LogP contribution in [-0.4, -0.2) is 22.2 Å². The average Bonchev–Trinajstić information content (AvgIpc) is 2.28. The molecule has 0 atom stereocenters. The van der Waals surface area contributed by atoms with Gasteiger partial charge in [-0.1, -0.05) is 27.7 Å². The number of hydrogen-bond donors (Lipinski definition) is 1. The number of rotatable bonds is 6. The fourth-order valence-electron chi connectivity index (χ4n) is 1.65. The summed E-state index contributed by atoms with van der Waals surface area (Å²) in [6.07, 6.45) is 1.51. The Bertz CT molecular complexity index is 503. The summed E-state index contributed by atoms with van der Waals surface area (Å²) in [7, 11) is 0. The van der Waals surface area contributed by atoms with Crippen LogP contribution >= 0.6 is 0 Å². The lowest BCUT2D eigenvalue weighted by Crippen LogP contribution is -2.26. The Kier molecular flexibility index (Phi) is 5.15. The molecule has 5 nitrogen and oxygen atoms in total. The molecule has 0 aliphatic heterocycles. The van der Waals surface area contributed by atoms with Gasteiger partial charge in [-0.2, -0.15) is 0 Å². The summed E-state index contributed by atoms with van der Waals surface area (Å²) < 4.78 is 6.89. The quantitative estimate of drug-likeness (QED) is 0.858. The molecule has 19 heavy (non-hydrogen) atoms. The third kappa shape index (κ3) is 4.12. The second-order valence-electron chi connectivity index (χ2n) is 5.42. The summed E-state index contributed by atoms with van der Waals surface area (Å²) in [5.74, 6) is -0.692. The van der Waals surface area contributed by atoms with E-state index in [4.69, 9.17) is 9.84 Å². The molecule has 5 heteroatoms. The molecule has 1 rings (SSSR count). The lowest BCUT2D eigenvalue weighted by atomic mass is 10.2. The highest BCUT2D eigenvalue weighted by Crippen LogP contribution is 2.14. The molecule has 0 amide bonds. The summed E-state index contributed by atoms with van der Waals surface area (Å²) in [6.45, 7) is 8.72. The molecule has 1 heterocycles. The van der Waals surface area contributed by atoms with Crippen LogP contribution in [0.15, 0.2) is 17.1 Å². The van der Waals surface area contributed by atoms with Crippen LogP contribution < -0.4 is 10.3 Å². The van der Waals surface area contributed by atoms with E-state index in [-0.39, 0.29) is 22.8 Å². The summed E-state index contributed by atoms with van der Waals surface area (Å²) in [4.78, 5) is 23.3. The normalized spacial score (nSPS) is 11.1. The first-order valence-corrected chi connectivity index (χ1v) is 6.42. The van der Waals surface area contributed by atoms with Crippen molar-refractivity contribution in [2.75, 3.05) is 6.61 Å². The Balaban J connectivity index is 3.19. The summed E-state index contributed by atoms with van der Waals surface area (Å²) in [5.41, 5.74) is -0.458. The number of pyridine rings is 1. The van der Waals surface area contributed by atoms with Crippen molar-refractivity contribution in [3.63, 3.8) is 0 Å². The smallest absolute Gasteiger partial charge is 0.339 e. The Morgan fingerprint density at radius 1 is 1.32 bits per heavy atom. The first-order valence-electron chi connectivity index (χ1n) is 6.42. The van der Waals surface area contributed by atoms with Crippen molar-refractivity contribution in [2.24, 2.45) is 11.8 Å². The molecule has 0 saturated heterocycles. The number of hydrogen-bond acceptors (Lipinski definition) is 3. The van der Waals surface area contributed by atoms with Crippen LogP contribution in [0, 0.1) is 11.8 Å². The van der Waals surface area contributed by atoms with Gasteiger partial charge >= 0.3 is 5.97 Å². The molecule has 0 fully saturated rings. The minimum atomic E-state index is -1.15. The molecule has 1 N–H and O–H groups in total. The van der Waals surface area contributed by atoms with Crippen LogP contribution in [-0.2, 0) is 6.54 Å². The number of carbonyl (C=O) groups is 1. The van der Waals surface area contributed by atoms with Gasteiger partial charge < -0.3 is 14.4 Å². The number of carboxylic acids is 1. The monoisotopic (exact) mass is 267 g/mol. The van der Waals surface area contributed by atoms with Gasteiger partial charge in [0.15, 0.2) is 5.75 Å². The van der Waals surface area contributed by atoms with Crippen molar-refractivity contribution in [2.45, 2.75) is 34.2 Å². The van der Waals surface area contributed by atoms with Gasteiger partial charge in [0.1, 0.15) is 5.56 Å². The van der Waals surface area contributed by atoms with Gasteiger partial charge in [0.2, 0.25) is 0 Å². The van der Waals surface area contributed by atoms with Gasteiger partial charge in [0, 0.05) is 12.7 Å². The largest absolute Gasteiger partial charge is 0.487 e. The summed E-state index contributed by atoms with van der Waals surface area (Å²) in [6, 6.07) is 1.42. The Labute approximate surface area is 112 Å². The minimum Gasteiger partial charge on any atom is -0.487 e. The number of carboxylic acid groups (broad SMARTS) is 1. The van der Waals surface area contributed by atoms with Crippen molar-refractivity contribution < 1.29 is 14.6 Å². The van der Waals surface area contributed by atoms with E-state index in [1.807, 2.05) is 27.7 Å². The first-order chi connectivity index (χ1) is 8.82. The van der Waals surface area contributed by atoms with E-state index >= 15 is 0 Å². The maximum Gasteiger partial charge on any atom is 0.339 e. The van der Waals surface area contributed by atoms with Crippen LogP contribution in [0.3, 0.4) is 0 Å². The van der Waals surface area contributed by atoms with Gasteiger partial charge in [-0.05, 0) is 17.9 Å². The highest BCUT2D eigenvalue weighted by atomic mass is 16.5. The lowest BCUT2D eigenvalue weighted by molar-refractivity contribution is 0.0690. The predicted molar refractivity (Wildman–Crippen MR) is 72.8 cm³/mol. The van der Waals surface area contributed by atoms with E-state index in [1.54, 1.807) is 0 Å². The second kappa shape index (κ2) is 6.41. The Hall–Kier alpha value is -1.78. The number of aromatic nitrogens is 1. The molecule has 0 saturated carbocycles. The van der Waals surface area contributed by atoms with E-state index in [2.05, 4.69) is 0 Å². The van der Waals surface area contributed by atoms with Gasteiger partial charge in [-0.15, -0.1) is 0 Å². The molecular weight excluding hydrogens is 246 g/mol. The molecule has 1 aromatic heterocycles. The average molecular weight is 267 g/mol. The van der Waals surface area contributed by atoms with Gasteiger partial charge in [0.25, 0.3) is 5.56 Å². The summed E-state index contributed by atoms with van der Waals surface area (Å²) >= 11 is 0. The molecule has 0 bridgehead atoms. The Morgan fingerprint density at radius 2 is 1.95 bits per heavy atom. The SMILES string of the molecule is CC(C)COc1c(C(=O)O)ccn(CC(C)C)c1=O.